The van der Waals surface area contributed by atoms with Gasteiger partial charge in [0.25, 0.3) is 0 Å². The Morgan fingerprint density at radius 1 is 1.35 bits per heavy atom. The number of likely N-dealkylation sites (tertiary alicyclic amines) is 1. The molecular formula is C16H30N2O2. The molecule has 2 atom stereocenters. The van der Waals surface area contributed by atoms with E-state index in [4.69, 9.17) is 0 Å². The Morgan fingerprint density at radius 2 is 2.05 bits per heavy atom. The predicted molar refractivity (Wildman–Crippen MR) is 80.9 cm³/mol. The average molecular weight is 282 g/mol. The summed E-state index contributed by atoms with van der Waals surface area (Å²) in [5, 5.41) is 13.0. The Morgan fingerprint density at radius 3 is 2.60 bits per heavy atom. The van der Waals surface area contributed by atoms with E-state index in [2.05, 4.69) is 24.1 Å². The van der Waals surface area contributed by atoms with Gasteiger partial charge in [-0.15, -0.1) is 0 Å². The molecule has 2 fully saturated rings. The van der Waals surface area contributed by atoms with E-state index in [1.165, 1.54) is 12.8 Å². The molecule has 1 saturated carbocycles. The zero-order valence-corrected chi connectivity index (χ0v) is 13.4. The molecule has 1 saturated heterocycles. The van der Waals surface area contributed by atoms with Gasteiger partial charge in [0, 0.05) is 18.6 Å². The lowest BCUT2D eigenvalue weighted by Gasteiger charge is -2.41. The lowest BCUT2D eigenvalue weighted by molar-refractivity contribution is -0.145. The Labute approximate surface area is 122 Å². The number of nitrogens with zero attached hydrogens (tertiary/aromatic N) is 1. The number of nitrogens with one attached hydrogen (secondary N) is 1. The van der Waals surface area contributed by atoms with Crippen LogP contribution in [0.4, 0.5) is 0 Å². The summed E-state index contributed by atoms with van der Waals surface area (Å²) in [5.74, 6) is -0.676. The van der Waals surface area contributed by atoms with Crippen molar-refractivity contribution >= 4 is 5.97 Å². The van der Waals surface area contributed by atoms with E-state index in [0.717, 1.165) is 32.4 Å². The molecule has 4 nitrogen and oxygen atoms in total. The minimum absolute atomic E-state index is 0.211. The molecule has 0 aromatic rings. The maximum atomic E-state index is 11.7. The van der Waals surface area contributed by atoms with Gasteiger partial charge in [-0.25, -0.2) is 0 Å². The molecule has 1 aliphatic heterocycles. The van der Waals surface area contributed by atoms with Gasteiger partial charge in [-0.1, -0.05) is 13.8 Å². The van der Waals surface area contributed by atoms with Gasteiger partial charge >= 0.3 is 5.97 Å². The highest BCUT2D eigenvalue weighted by Gasteiger charge is 2.48. The highest BCUT2D eigenvalue weighted by atomic mass is 16.4. The zero-order valence-electron chi connectivity index (χ0n) is 13.4. The fourth-order valence-electron chi connectivity index (χ4n) is 4.05. The zero-order chi connectivity index (χ0) is 15.0. The number of aliphatic carboxylic acids is 1. The van der Waals surface area contributed by atoms with Crippen molar-refractivity contribution in [2.75, 3.05) is 13.1 Å². The van der Waals surface area contributed by atoms with E-state index in [1.54, 1.807) is 0 Å². The summed E-state index contributed by atoms with van der Waals surface area (Å²) in [4.78, 5) is 14.3. The van der Waals surface area contributed by atoms with Crippen molar-refractivity contribution in [2.24, 2.45) is 5.41 Å². The van der Waals surface area contributed by atoms with Crippen molar-refractivity contribution in [3.8, 4) is 0 Å². The Bertz CT molecular complexity index is 367. The molecule has 1 heterocycles. The van der Waals surface area contributed by atoms with E-state index in [-0.39, 0.29) is 6.04 Å². The van der Waals surface area contributed by atoms with E-state index in [1.807, 2.05) is 13.8 Å². The first-order chi connectivity index (χ1) is 9.24. The van der Waals surface area contributed by atoms with Crippen molar-refractivity contribution in [1.82, 2.24) is 10.2 Å². The van der Waals surface area contributed by atoms with Crippen LogP contribution in [0.25, 0.3) is 0 Å². The number of carboxylic acid groups (broad SMARTS) is 1. The van der Waals surface area contributed by atoms with Crippen LogP contribution in [0.2, 0.25) is 0 Å². The van der Waals surface area contributed by atoms with Crippen molar-refractivity contribution < 1.29 is 9.90 Å². The Balaban J connectivity index is 2.04. The fourth-order valence-corrected chi connectivity index (χ4v) is 4.05. The first kappa shape index (κ1) is 15.8. The van der Waals surface area contributed by atoms with Crippen LogP contribution in [0, 0.1) is 5.41 Å². The number of rotatable bonds is 4. The molecule has 0 amide bonds. The standard InChI is InChI=1S/C16H30N2O2/c1-12(2)17-16(14(19)20)8-6-13(10-16)18-9-5-7-15(3,4)11-18/h12-13,17H,5-11H2,1-4H3,(H,19,20). The van der Waals surface area contributed by atoms with Gasteiger partial charge in [-0.3, -0.25) is 15.0 Å². The summed E-state index contributed by atoms with van der Waals surface area (Å²) in [7, 11) is 0. The molecule has 2 N–H and O–H groups in total. The molecule has 0 radical (unpaired) electrons. The average Bonchev–Trinajstić information content (AvgIpc) is 2.72. The SMILES string of the molecule is CC(C)NC1(C(=O)O)CCC(N2CCCC(C)(C)C2)C1. The third kappa shape index (κ3) is 3.34. The van der Waals surface area contributed by atoms with E-state index >= 15 is 0 Å². The van der Waals surface area contributed by atoms with Crippen molar-refractivity contribution in [3.63, 3.8) is 0 Å². The van der Waals surface area contributed by atoms with Crippen LogP contribution in [-0.2, 0) is 4.79 Å². The van der Waals surface area contributed by atoms with Gasteiger partial charge in [0.1, 0.15) is 5.54 Å². The quantitative estimate of drug-likeness (QED) is 0.832. The topological polar surface area (TPSA) is 52.6 Å². The Hall–Kier alpha value is -0.610. The van der Waals surface area contributed by atoms with Gasteiger partial charge in [-0.05, 0) is 57.9 Å². The number of carboxylic acids is 1. The summed E-state index contributed by atoms with van der Waals surface area (Å²) >= 11 is 0. The second-order valence-corrected chi connectivity index (χ2v) is 7.82. The van der Waals surface area contributed by atoms with Crippen LogP contribution in [0.5, 0.6) is 0 Å². The molecule has 1 aliphatic carbocycles. The number of piperidine rings is 1. The summed E-state index contributed by atoms with van der Waals surface area (Å²) in [6, 6.07) is 0.638. The van der Waals surface area contributed by atoms with Gasteiger partial charge < -0.3 is 5.11 Å². The fraction of sp³-hybridized carbons (Fsp3) is 0.938. The third-order valence-corrected chi connectivity index (χ3v) is 4.91. The van der Waals surface area contributed by atoms with Crippen LogP contribution >= 0.6 is 0 Å². The molecule has 2 aliphatic rings. The highest BCUT2D eigenvalue weighted by Crippen LogP contribution is 2.38. The van der Waals surface area contributed by atoms with Crippen molar-refractivity contribution in [1.29, 1.82) is 0 Å². The summed E-state index contributed by atoms with van der Waals surface area (Å²) < 4.78 is 0. The summed E-state index contributed by atoms with van der Waals surface area (Å²) in [5.41, 5.74) is -0.335. The maximum absolute atomic E-state index is 11.7. The maximum Gasteiger partial charge on any atom is 0.323 e. The van der Waals surface area contributed by atoms with Crippen molar-refractivity contribution in [3.05, 3.63) is 0 Å². The second kappa shape index (κ2) is 5.64. The Kier molecular flexibility index (Phi) is 4.45. The molecule has 2 unspecified atom stereocenters. The van der Waals surface area contributed by atoms with E-state index in [0.29, 0.717) is 11.5 Å². The van der Waals surface area contributed by atoms with E-state index in [9.17, 15) is 9.90 Å². The summed E-state index contributed by atoms with van der Waals surface area (Å²) in [6.07, 6.45) is 5.02. The van der Waals surface area contributed by atoms with Crippen LogP contribution in [0.3, 0.4) is 0 Å². The van der Waals surface area contributed by atoms with Gasteiger partial charge in [0.2, 0.25) is 0 Å². The lowest BCUT2D eigenvalue weighted by Crippen LogP contribution is -2.54. The molecular weight excluding hydrogens is 252 g/mol. The molecule has 4 heteroatoms. The molecule has 2 rings (SSSR count). The molecule has 0 bridgehead atoms. The predicted octanol–water partition coefficient (Wildman–Crippen LogP) is 2.48. The first-order valence-corrected chi connectivity index (χ1v) is 7.99. The third-order valence-electron chi connectivity index (χ3n) is 4.91. The number of carbonyl (C=O) groups is 1. The monoisotopic (exact) mass is 282 g/mol. The van der Waals surface area contributed by atoms with Gasteiger partial charge in [-0.2, -0.15) is 0 Å². The molecule has 20 heavy (non-hydrogen) atoms. The molecule has 0 spiro atoms. The van der Waals surface area contributed by atoms with Gasteiger partial charge in [0.15, 0.2) is 0 Å². The molecule has 0 aromatic carbocycles. The van der Waals surface area contributed by atoms with Gasteiger partial charge in [0.05, 0.1) is 0 Å². The van der Waals surface area contributed by atoms with Crippen LogP contribution < -0.4 is 5.32 Å². The smallest absolute Gasteiger partial charge is 0.323 e. The van der Waals surface area contributed by atoms with E-state index < -0.39 is 11.5 Å². The lowest BCUT2D eigenvalue weighted by atomic mass is 9.83. The minimum atomic E-state index is -0.708. The molecule has 0 aromatic heterocycles. The van der Waals surface area contributed by atoms with Crippen LogP contribution in [0.1, 0.15) is 59.8 Å². The number of hydrogen-bond donors (Lipinski definition) is 2. The first-order valence-electron chi connectivity index (χ1n) is 7.99. The number of hydrogen-bond acceptors (Lipinski definition) is 3. The van der Waals surface area contributed by atoms with Crippen molar-refractivity contribution in [2.45, 2.75) is 77.4 Å². The van der Waals surface area contributed by atoms with Crippen LogP contribution in [0.15, 0.2) is 0 Å². The summed E-state index contributed by atoms with van der Waals surface area (Å²) in [6.45, 7) is 10.9. The molecule has 116 valence electrons. The minimum Gasteiger partial charge on any atom is -0.480 e. The van der Waals surface area contributed by atoms with Crippen LogP contribution in [-0.4, -0.2) is 46.7 Å². The largest absolute Gasteiger partial charge is 0.480 e. The second-order valence-electron chi connectivity index (χ2n) is 7.82. The highest BCUT2D eigenvalue weighted by molar-refractivity contribution is 5.79. The normalized spacial score (nSPS) is 34.5.